The van der Waals surface area contributed by atoms with Gasteiger partial charge in [0.05, 0.1) is 11.3 Å². The molecular weight excluding hydrogens is 256 g/mol. The van der Waals surface area contributed by atoms with Gasteiger partial charge in [-0.3, -0.25) is 0 Å². The first-order chi connectivity index (χ1) is 9.47. The molecule has 0 radical (unpaired) electrons. The number of carbonyl (C=O) groups is 1. The number of aromatic carboxylic acids is 1. The molecule has 0 heterocycles. The third kappa shape index (κ3) is 3.00. The number of benzene rings is 2. The molecule has 0 spiro atoms. The first-order valence-electron chi connectivity index (χ1n) is 6.09. The summed E-state index contributed by atoms with van der Waals surface area (Å²) < 4.78 is 0. The van der Waals surface area contributed by atoms with Crippen LogP contribution in [0.1, 0.15) is 15.9 Å². The molecule has 5 heteroatoms. The molecule has 2 aromatic rings. The third-order valence-electron chi connectivity index (χ3n) is 2.99. The summed E-state index contributed by atoms with van der Waals surface area (Å²) in [6, 6.07) is 11.6. The van der Waals surface area contributed by atoms with E-state index in [1.54, 1.807) is 42.3 Å². The Morgan fingerprint density at radius 1 is 1.25 bits per heavy atom. The maximum Gasteiger partial charge on any atom is 0.337 e. The topological polar surface area (TPSA) is 86.8 Å². The molecule has 0 fully saturated rings. The van der Waals surface area contributed by atoms with Crippen LogP contribution in [0.5, 0.6) is 5.75 Å². The fourth-order valence-corrected chi connectivity index (χ4v) is 2.07. The molecule has 5 nitrogen and oxygen atoms in total. The Morgan fingerprint density at radius 3 is 2.65 bits per heavy atom. The SMILES string of the molecule is CN(Cc1cccc(O)c1)c1ccc(N)cc1C(=O)O. The predicted octanol–water partition coefficient (Wildman–Crippen LogP) is 2.31. The van der Waals surface area contributed by atoms with Crippen molar-refractivity contribution in [3.05, 3.63) is 53.6 Å². The van der Waals surface area contributed by atoms with Crippen molar-refractivity contribution in [2.45, 2.75) is 6.54 Å². The standard InChI is InChI=1S/C15H16N2O3/c1-17(9-10-3-2-4-12(18)7-10)14-6-5-11(16)8-13(14)15(19)20/h2-8,18H,9,16H2,1H3,(H,19,20). The number of rotatable bonds is 4. The summed E-state index contributed by atoms with van der Waals surface area (Å²) in [5.74, 6) is -0.832. The number of phenols is 1. The number of hydrogen-bond acceptors (Lipinski definition) is 4. The predicted molar refractivity (Wildman–Crippen MR) is 78.0 cm³/mol. The minimum atomic E-state index is -1.02. The maximum atomic E-state index is 11.3. The summed E-state index contributed by atoms with van der Waals surface area (Å²) in [4.78, 5) is 13.1. The monoisotopic (exact) mass is 272 g/mol. The number of aromatic hydroxyl groups is 1. The van der Waals surface area contributed by atoms with E-state index in [2.05, 4.69) is 0 Å². The number of nitrogen functional groups attached to an aromatic ring is 1. The normalized spacial score (nSPS) is 10.2. The van der Waals surface area contributed by atoms with Crippen molar-refractivity contribution in [3.63, 3.8) is 0 Å². The van der Waals surface area contributed by atoms with Crippen molar-refractivity contribution in [2.75, 3.05) is 17.7 Å². The van der Waals surface area contributed by atoms with Crippen LogP contribution in [-0.4, -0.2) is 23.2 Å². The minimum absolute atomic E-state index is 0.160. The van der Waals surface area contributed by atoms with E-state index in [0.717, 1.165) is 5.56 Å². The lowest BCUT2D eigenvalue weighted by Gasteiger charge is -2.21. The Morgan fingerprint density at radius 2 is 2.00 bits per heavy atom. The number of carboxylic acids is 1. The molecule has 2 rings (SSSR count). The van der Waals surface area contributed by atoms with Gasteiger partial charge in [0, 0.05) is 19.3 Å². The van der Waals surface area contributed by atoms with Crippen molar-refractivity contribution in [1.29, 1.82) is 0 Å². The number of anilines is 2. The molecule has 20 heavy (non-hydrogen) atoms. The molecule has 2 aromatic carbocycles. The van der Waals surface area contributed by atoms with E-state index in [-0.39, 0.29) is 11.3 Å². The van der Waals surface area contributed by atoms with E-state index in [1.165, 1.54) is 6.07 Å². The number of phenolic OH excluding ortho intramolecular Hbond substituents is 1. The van der Waals surface area contributed by atoms with Gasteiger partial charge in [0.25, 0.3) is 0 Å². The first-order valence-corrected chi connectivity index (χ1v) is 6.09. The summed E-state index contributed by atoms with van der Waals surface area (Å²) in [6.45, 7) is 0.485. The Labute approximate surface area is 116 Å². The van der Waals surface area contributed by atoms with Crippen LogP contribution in [0, 0.1) is 0 Å². The second-order valence-electron chi connectivity index (χ2n) is 4.61. The van der Waals surface area contributed by atoms with Crippen LogP contribution < -0.4 is 10.6 Å². The van der Waals surface area contributed by atoms with Crippen LogP contribution in [0.4, 0.5) is 11.4 Å². The van der Waals surface area contributed by atoms with Gasteiger partial charge in [-0.1, -0.05) is 12.1 Å². The zero-order chi connectivity index (χ0) is 14.7. The molecule has 0 atom stereocenters. The van der Waals surface area contributed by atoms with Crippen LogP contribution in [0.3, 0.4) is 0 Å². The summed E-state index contributed by atoms with van der Waals surface area (Å²) in [5, 5.41) is 18.7. The van der Waals surface area contributed by atoms with Gasteiger partial charge in [-0.25, -0.2) is 4.79 Å². The average molecular weight is 272 g/mol. The second kappa shape index (κ2) is 5.52. The number of nitrogens with zero attached hydrogens (tertiary/aromatic N) is 1. The summed E-state index contributed by atoms with van der Waals surface area (Å²) in [5.41, 5.74) is 7.66. The molecule has 0 amide bonds. The van der Waals surface area contributed by atoms with E-state index in [9.17, 15) is 15.0 Å². The van der Waals surface area contributed by atoms with Crippen molar-refractivity contribution in [2.24, 2.45) is 0 Å². The van der Waals surface area contributed by atoms with Crippen molar-refractivity contribution in [3.8, 4) is 5.75 Å². The fourth-order valence-electron chi connectivity index (χ4n) is 2.07. The molecule has 0 saturated carbocycles. The Hall–Kier alpha value is -2.69. The number of carboxylic acid groups (broad SMARTS) is 1. The second-order valence-corrected chi connectivity index (χ2v) is 4.61. The molecule has 0 saturated heterocycles. The zero-order valence-corrected chi connectivity index (χ0v) is 11.1. The van der Waals surface area contributed by atoms with Gasteiger partial charge < -0.3 is 20.8 Å². The van der Waals surface area contributed by atoms with Gasteiger partial charge in [0.1, 0.15) is 5.75 Å². The Bertz CT molecular complexity index is 641. The molecule has 0 aliphatic rings. The summed E-state index contributed by atoms with van der Waals surface area (Å²) in [7, 11) is 1.79. The van der Waals surface area contributed by atoms with Crippen LogP contribution in [0.2, 0.25) is 0 Å². The van der Waals surface area contributed by atoms with Crippen LogP contribution in [-0.2, 0) is 6.54 Å². The zero-order valence-electron chi connectivity index (χ0n) is 11.1. The number of nitrogens with two attached hydrogens (primary N) is 1. The minimum Gasteiger partial charge on any atom is -0.508 e. The molecular formula is C15H16N2O3. The van der Waals surface area contributed by atoms with Gasteiger partial charge in [-0.05, 0) is 35.9 Å². The highest BCUT2D eigenvalue weighted by atomic mass is 16.4. The average Bonchev–Trinajstić information content (AvgIpc) is 2.38. The van der Waals surface area contributed by atoms with E-state index in [1.807, 2.05) is 6.07 Å². The lowest BCUT2D eigenvalue weighted by atomic mass is 10.1. The molecule has 0 aliphatic heterocycles. The van der Waals surface area contributed by atoms with Gasteiger partial charge in [-0.2, -0.15) is 0 Å². The molecule has 0 aliphatic carbocycles. The third-order valence-corrected chi connectivity index (χ3v) is 2.99. The van der Waals surface area contributed by atoms with Crippen molar-refractivity contribution >= 4 is 17.3 Å². The maximum absolute atomic E-state index is 11.3. The summed E-state index contributed by atoms with van der Waals surface area (Å²) >= 11 is 0. The lowest BCUT2D eigenvalue weighted by Crippen LogP contribution is -2.19. The Balaban J connectivity index is 2.29. The largest absolute Gasteiger partial charge is 0.508 e. The van der Waals surface area contributed by atoms with E-state index in [4.69, 9.17) is 5.73 Å². The van der Waals surface area contributed by atoms with Crippen molar-refractivity contribution < 1.29 is 15.0 Å². The first kappa shape index (κ1) is 13.7. The Kier molecular flexibility index (Phi) is 3.79. The van der Waals surface area contributed by atoms with E-state index in [0.29, 0.717) is 17.9 Å². The van der Waals surface area contributed by atoms with Gasteiger partial charge >= 0.3 is 5.97 Å². The molecule has 4 N–H and O–H groups in total. The van der Waals surface area contributed by atoms with Gasteiger partial charge in [0.15, 0.2) is 0 Å². The molecule has 0 bridgehead atoms. The summed E-state index contributed by atoms with van der Waals surface area (Å²) in [6.07, 6.45) is 0. The van der Waals surface area contributed by atoms with Crippen LogP contribution >= 0.6 is 0 Å². The number of hydrogen-bond donors (Lipinski definition) is 3. The highest BCUT2D eigenvalue weighted by Gasteiger charge is 2.14. The van der Waals surface area contributed by atoms with E-state index >= 15 is 0 Å². The van der Waals surface area contributed by atoms with Crippen molar-refractivity contribution in [1.82, 2.24) is 0 Å². The fraction of sp³-hybridized carbons (Fsp3) is 0.133. The molecule has 104 valence electrons. The molecule has 0 aromatic heterocycles. The highest BCUT2D eigenvalue weighted by molar-refractivity contribution is 5.95. The highest BCUT2D eigenvalue weighted by Crippen LogP contribution is 2.24. The van der Waals surface area contributed by atoms with Gasteiger partial charge in [-0.15, -0.1) is 0 Å². The lowest BCUT2D eigenvalue weighted by molar-refractivity contribution is 0.0697. The smallest absolute Gasteiger partial charge is 0.337 e. The van der Waals surface area contributed by atoms with Crippen LogP contribution in [0.25, 0.3) is 0 Å². The van der Waals surface area contributed by atoms with E-state index < -0.39 is 5.97 Å². The quantitative estimate of drug-likeness (QED) is 0.743. The molecule has 0 unspecified atom stereocenters. The van der Waals surface area contributed by atoms with Gasteiger partial charge in [0.2, 0.25) is 0 Å². The van der Waals surface area contributed by atoms with Crippen LogP contribution in [0.15, 0.2) is 42.5 Å².